The molecule has 1 aliphatic heterocycles. The van der Waals surface area contributed by atoms with Crippen LogP contribution in [-0.4, -0.2) is 19.0 Å². The minimum Gasteiger partial charge on any atom is -0.465 e. The molecule has 4 nitrogen and oxygen atoms in total. The van der Waals surface area contributed by atoms with Crippen LogP contribution in [0.15, 0.2) is 41.5 Å². The first kappa shape index (κ1) is 13.3. The van der Waals surface area contributed by atoms with E-state index in [-0.39, 0.29) is 5.57 Å². The van der Waals surface area contributed by atoms with E-state index in [0.717, 1.165) is 5.56 Å². The smallest absolute Gasteiger partial charge is 0.346 e. The molecule has 0 amide bonds. The van der Waals surface area contributed by atoms with Crippen LogP contribution in [0, 0.1) is 0 Å². The number of esters is 2. The van der Waals surface area contributed by atoms with E-state index < -0.39 is 17.5 Å². The van der Waals surface area contributed by atoms with Gasteiger partial charge in [0.1, 0.15) is 5.57 Å². The number of hydrogen-bond donors (Lipinski definition) is 0. The molecule has 1 aromatic rings. The molecule has 0 aromatic heterocycles. The fraction of sp³-hybridized carbons (Fsp3) is 0.333. The first-order valence-corrected chi connectivity index (χ1v) is 6.15. The molecule has 1 unspecified atom stereocenters. The van der Waals surface area contributed by atoms with Crippen LogP contribution in [0.5, 0.6) is 0 Å². The Kier molecular flexibility index (Phi) is 3.42. The van der Waals surface area contributed by atoms with Crippen molar-refractivity contribution in [2.24, 2.45) is 0 Å². The zero-order chi connectivity index (χ0) is 14.0. The second kappa shape index (κ2) is 4.88. The summed E-state index contributed by atoms with van der Waals surface area (Å²) in [6, 6.07) is 9.43. The molecule has 100 valence electrons. The van der Waals surface area contributed by atoms with Crippen molar-refractivity contribution < 1.29 is 19.1 Å². The second-order valence-electron chi connectivity index (χ2n) is 4.43. The van der Waals surface area contributed by atoms with E-state index in [2.05, 4.69) is 4.74 Å². The van der Waals surface area contributed by atoms with Crippen molar-refractivity contribution in [3.8, 4) is 0 Å². The van der Waals surface area contributed by atoms with Gasteiger partial charge in [-0.1, -0.05) is 37.3 Å². The number of rotatable bonds is 3. The maximum absolute atomic E-state index is 12.0. The van der Waals surface area contributed by atoms with Crippen molar-refractivity contribution in [1.82, 2.24) is 0 Å². The maximum Gasteiger partial charge on any atom is 0.346 e. The van der Waals surface area contributed by atoms with Crippen molar-refractivity contribution in [1.29, 1.82) is 0 Å². The van der Waals surface area contributed by atoms with E-state index in [1.54, 1.807) is 6.92 Å². The fourth-order valence-corrected chi connectivity index (χ4v) is 2.50. The molecule has 0 radical (unpaired) electrons. The molecule has 0 bridgehead atoms. The van der Waals surface area contributed by atoms with Gasteiger partial charge in [-0.05, 0) is 24.5 Å². The lowest BCUT2D eigenvalue weighted by Gasteiger charge is -2.28. The highest BCUT2D eigenvalue weighted by molar-refractivity contribution is 6.16. The molecule has 0 saturated carbocycles. The SMILES string of the molecule is CCC1(c2ccccc2)OC(=O)C(C(=O)OC)=C1C. The molecular weight excluding hydrogens is 244 g/mol. The third-order valence-electron chi connectivity index (χ3n) is 3.58. The van der Waals surface area contributed by atoms with Crippen LogP contribution in [0.25, 0.3) is 0 Å². The van der Waals surface area contributed by atoms with Crippen molar-refractivity contribution >= 4 is 11.9 Å². The first-order chi connectivity index (χ1) is 9.06. The van der Waals surface area contributed by atoms with Crippen LogP contribution < -0.4 is 0 Å². The van der Waals surface area contributed by atoms with Crippen molar-refractivity contribution in [2.75, 3.05) is 7.11 Å². The maximum atomic E-state index is 12.0. The van der Waals surface area contributed by atoms with E-state index in [1.807, 2.05) is 37.3 Å². The third kappa shape index (κ3) is 1.93. The van der Waals surface area contributed by atoms with Gasteiger partial charge < -0.3 is 9.47 Å². The van der Waals surface area contributed by atoms with Crippen LogP contribution in [0.2, 0.25) is 0 Å². The summed E-state index contributed by atoms with van der Waals surface area (Å²) in [5.41, 5.74) is 0.621. The van der Waals surface area contributed by atoms with Gasteiger partial charge in [-0.25, -0.2) is 9.59 Å². The largest absolute Gasteiger partial charge is 0.465 e. The minimum atomic E-state index is -0.859. The van der Waals surface area contributed by atoms with Gasteiger partial charge in [0.2, 0.25) is 0 Å². The van der Waals surface area contributed by atoms with Crippen molar-refractivity contribution in [3.05, 3.63) is 47.0 Å². The van der Waals surface area contributed by atoms with E-state index in [0.29, 0.717) is 12.0 Å². The van der Waals surface area contributed by atoms with Crippen LogP contribution in [0.3, 0.4) is 0 Å². The molecule has 1 aliphatic rings. The molecule has 0 aliphatic carbocycles. The van der Waals surface area contributed by atoms with Crippen molar-refractivity contribution in [2.45, 2.75) is 25.9 Å². The Balaban J connectivity index is 2.58. The van der Waals surface area contributed by atoms with Crippen LogP contribution in [0.1, 0.15) is 25.8 Å². The van der Waals surface area contributed by atoms with Gasteiger partial charge in [0.15, 0.2) is 5.60 Å². The quantitative estimate of drug-likeness (QED) is 0.618. The Morgan fingerprint density at radius 1 is 1.32 bits per heavy atom. The van der Waals surface area contributed by atoms with Gasteiger partial charge in [0.25, 0.3) is 0 Å². The summed E-state index contributed by atoms with van der Waals surface area (Å²) in [7, 11) is 1.25. The number of benzene rings is 1. The number of carbonyl (C=O) groups excluding carboxylic acids is 2. The molecule has 1 aromatic carbocycles. The summed E-state index contributed by atoms with van der Waals surface area (Å²) >= 11 is 0. The Bertz CT molecular complexity index is 545. The summed E-state index contributed by atoms with van der Waals surface area (Å²) < 4.78 is 10.2. The zero-order valence-electron chi connectivity index (χ0n) is 11.2. The Morgan fingerprint density at radius 2 is 1.95 bits per heavy atom. The zero-order valence-corrected chi connectivity index (χ0v) is 11.2. The molecule has 1 heterocycles. The van der Waals surface area contributed by atoms with E-state index >= 15 is 0 Å². The van der Waals surface area contributed by atoms with Gasteiger partial charge in [-0.3, -0.25) is 0 Å². The molecule has 0 spiro atoms. The summed E-state index contributed by atoms with van der Waals surface area (Å²) in [5.74, 6) is -1.26. The van der Waals surface area contributed by atoms with Gasteiger partial charge in [0, 0.05) is 0 Å². The summed E-state index contributed by atoms with van der Waals surface area (Å²) in [4.78, 5) is 23.6. The van der Waals surface area contributed by atoms with Crippen LogP contribution in [-0.2, 0) is 24.7 Å². The molecular formula is C15H16O4. The summed E-state index contributed by atoms with van der Waals surface area (Å²) in [5, 5.41) is 0. The third-order valence-corrected chi connectivity index (χ3v) is 3.58. The number of methoxy groups -OCH3 is 1. The normalized spacial score (nSPS) is 22.4. The monoisotopic (exact) mass is 260 g/mol. The predicted octanol–water partition coefficient (Wildman–Crippen LogP) is 2.34. The highest BCUT2D eigenvalue weighted by Gasteiger charge is 2.48. The number of hydrogen-bond acceptors (Lipinski definition) is 4. The Labute approximate surface area is 112 Å². The lowest BCUT2D eigenvalue weighted by molar-refractivity contribution is -0.150. The highest BCUT2D eigenvalue weighted by Crippen LogP contribution is 2.43. The average Bonchev–Trinajstić information content (AvgIpc) is 2.71. The van der Waals surface area contributed by atoms with Gasteiger partial charge in [-0.15, -0.1) is 0 Å². The Hall–Kier alpha value is -2.10. The lowest BCUT2D eigenvalue weighted by Crippen LogP contribution is -2.27. The van der Waals surface area contributed by atoms with Crippen molar-refractivity contribution in [3.63, 3.8) is 0 Å². The number of carbonyl (C=O) groups is 2. The highest BCUT2D eigenvalue weighted by atomic mass is 16.6. The molecule has 19 heavy (non-hydrogen) atoms. The van der Waals surface area contributed by atoms with Gasteiger partial charge in [0.05, 0.1) is 7.11 Å². The fourth-order valence-electron chi connectivity index (χ4n) is 2.50. The molecule has 4 heteroatoms. The van der Waals surface area contributed by atoms with Crippen LogP contribution in [0.4, 0.5) is 0 Å². The summed E-state index contributed by atoms with van der Waals surface area (Å²) in [6.07, 6.45) is 0.565. The van der Waals surface area contributed by atoms with E-state index in [4.69, 9.17) is 4.74 Å². The summed E-state index contributed by atoms with van der Waals surface area (Å²) in [6.45, 7) is 3.66. The lowest BCUT2D eigenvalue weighted by atomic mass is 9.84. The molecule has 2 rings (SSSR count). The predicted molar refractivity (Wildman–Crippen MR) is 69.2 cm³/mol. The second-order valence-corrected chi connectivity index (χ2v) is 4.43. The average molecular weight is 260 g/mol. The number of cyclic esters (lactones) is 1. The van der Waals surface area contributed by atoms with Gasteiger partial charge >= 0.3 is 11.9 Å². The molecule has 1 atom stereocenters. The van der Waals surface area contributed by atoms with E-state index in [1.165, 1.54) is 7.11 Å². The Morgan fingerprint density at radius 3 is 2.47 bits per heavy atom. The molecule has 0 N–H and O–H groups in total. The molecule has 0 fully saturated rings. The van der Waals surface area contributed by atoms with E-state index in [9.17, 15) is 9.59 Å². The standard InChI is InChI=1S/C15H16O4/c1-4-15(11-8-6-5-7-9-11)10(2)12(13(16)18-3)14(17)19-15/h5-9H,4H2,1-3H3. The number of ether oxygens (including phenoxy) is 2. The first-order valence-electron chi connectivity index (χ1n) is 6.15. The van der Waals surface area contributed by atoms with Crippen LogP contribution >= 0.6 is 0 Å². The van der Waals surface area contributed by atoms with Gasteiger partial charge in [-0.2, -0.15) is 0 Å². The molecule has 0 saturated heterocycles. The minimum absolute atomic E-state index is 0.00760. The topological polar surface area (TPSA) is 52.6 Å².